The summed E-state index contributed by atoms with van der Waals surface area (Å²) in [4.78, 5) is 26.6. The fraction of sp³-hybridized carbons (Fsp3) is 0.429. The third-order valence-corrected chi connectivity index (χ3v) is 3.33. The molecule has 1 aromatic carbocycles. The minimum absolute atomic E-state index is 0.0269. The second-order valence-corrected chi connectivity index (χ2v) is 4.72. The summed E-state index contributed by atoms with van der Waals surface area (Å²) in [5.41, 5.74) is 0.676. The first kappa shape index (κ1) is 15.5. The standard InChI is InChI=1S/C14H16F2N2O3/c15-12(16)9-17(7-8-19)5-6-18-13(20)10-3-1-2-4-11(10)14(18)21/h1-4,12,19H,5-9H2. The Kier molecular flexibility index (Phi) is 4.98. The van der Waals surface area contributed by atoms with E-state index in [0.29, 0.717) is 11.1 Å². The lowest BCUT2D eigenvalue weighted by molar-refractivity contribution is 0.0570. The summed E-state index contributed by atoms with van der Waals surface area (Å²) in [6.45, 7) is -0.540. The highest BCUT2D eigenvalue weighted by atomic mass is 19.3. The molecular formula is C14H16F2N2O3. The molecule has 0 bridgehead atoms. The van der Waals surface area contributed by atoms with Crippen molar-refractivity contribution < 1.29 is 23.5 Å². The van der Waals surface area contributed by atoms with E-state index in [4.69, 9.17) is 5.11 Å². The van der Waals surface area contributed by atoms with E-state index in [1.54, 1.807) is 24.3 Å². The van der Waals surface area contributed by atoms with Crippen LogP contribution in [-0.4, -0.2) is 65.9 Å². The molecule has 0 unspecified atom stereocenters. The van der Waals surface area contributed by atoms with Crippen LogP contribution < -0.4 is 0 Å². The first-order valence-electron chi connectivity index (χ1n) is 6.61. The molecule has 1 heterocycles. The van der Waals surface area contributed by atoms with Crippen LogP contribution in [0, 0.1) is 0 Å². The minimum Gasteiger partial charge on any atom is -0.395 e. The highest BCUT2D eigenvalue weighted by molar-refractivity contribution is 6.21. The second-order valence-electron chi connectivity index (χ2n) is 4.72. The summed E-state index contributed by atoms with van der Waals surface area (Å²) in [6.07, 6.45) is -2.53. The SMILES string of the molecule is O=C1c2ccccc2C(=O)N1CCN(CCO)CC(F)F. The third-order valence-electron chi connectivity index (χ3n) is 3.33. The zero-order chi connectivity index (χ0) is 15.4. The molecule has 0 aliphatic carbocycles. The molecule has 0 atom stereocenters. The molecule has 0 saturated heterocycles. The van der Waals surface area contributed by atoms with Gasteiger partial charge in [0.05, 0.1) is 24.3 Å². The highest BCUT2D eigenvalue weighted by Gasteiger charge is 2.34. The first-order valence-corrected chi connectivity index (χ1v) is 6.61. The van der Waals surface area contributed by atoms with Crippen molar-refractivity contribution in [3.05, 3.63) is 35.4 Å². The molecule has 1 N–H and O–H groups in total. The molecule has 0 fully saturated rings. The van der Waals surface area contributed by atoms with Crippen molar-refractivity contribution in [2.24, 2.45) is 0 Å². The lowest BCUT2D eigenvalue weighted by atomic mass is 10.1. The molecule has 1 aliphatic rings. The van der Waals surface area contributed by atoms with Crippen molar-refractivity contribution in [2.75, 3.05) is 32.8 Å². The van der Waals surface area contributed by atoms with Crippen molar-refractivity contribution in [1.29, 1.82) is 0 Å². The molecule has 0 radical (unpaired) electrons. The van der Waals surface area contributed by atoms with Gasteiger partial charge >= 0.3 is 0 Å². The number of rotatable bonds is 7. The molecule has 0 aromatic heterocycles. The van der Waals surface area contributed by atoms with Gasteiger partial charge in [0, 0.05) is 19.6 Å². The van der Waals surface area contributed by atoms with E-state index in [-0.39, 0.29) is 26.2 Å². The number of halogens is 2. The van der Waals surface area contributed by atoms with Crippen LogP contribution in [0.3, 0.4) is 0 Å². The lowest BCUT2D eigenvalue weighted by Crippen LogP contribution is -2.41. The second kappa shape index (κ2) is 6.73. The number of carbonyl (C=O) groups excluding carboxylic acids is 2. The summed E-state index contributed by atoms with van der Waals surface area (Å²) in [5, 5.41) is 8.85. The van der Waals surface area contributed by atoms with Crippen LogP contribution in [-0.2, 0) is 0 Å². The van der Waals surface area contributed by atoms with Crippen molar-refractivity contribution in [3.8, 4) is 0 Å². The van der Waals surface area contributed by atoms with Crippen molar-refractivity contribution >= 4 is 11.8 Å². The summed E-state index contributed by atoms with van der Waals surface area (Å²) in [7, 11) is 0. The summed E-state index contributed by atoms with van der Waals surface area (Å²) >= 11 is 0. The van der Waals surface area contributed by atoms with Gasteiger partial charge in [-0.05, 0) is 12.1 Å². The van der Waals surface area contributed by atoms with Crippen LogP contribution >= 0.6 is 0 Å². The average Bonchev–Trinajstić information content (AvgIpc) is 2.69. The maximum atomic E-state index is 12.4. The molecule has 1 aromatic rings. The van der Waals surface area contributed by atoms with E-state index in [2.05, 4.69) is 0 Å². The number of fused-ring (bicyclic) bond motifs is 1. The molecule has 0 saturated carbocycles. The first-order chi connectivity index (χ1) is 10.0. The van der Waals surface area contributed by atoms with E-state index in [1.807, 2.05) is 0 Å². The highest BCUT2D eigenvalue weighted by Crippen LogP contribution is 2.22. The molecule has 114 valence electrons. The third kappa shape index (κ3) is 3.43. The Bertz CT molecular complexity index is 502. The number of alkyl halides is 2. The van der Waals surface area contributed by atoms with Gasteiger partial charge in [-0.25, -0.2) is 8.78 Å². The van der Waals surface area contributed by atoms with Crippen LogP contribution in [0.25, 0.3) is 0 Å². The fourth-order valence-electron chi connectivity index (χ4n) is 2.31. The summed E-state index contributed by atoms with van der Waals surface area (Å²) in [6, 6.07) is 6.48. The Morgan fingerprint density at radius 1 is 1.10 bits per heavy atom. The van der Waals surface area contributed by atoms with Crippen molar-refractivity contribution in [2.45, 2.75) is 6.43 Å². The lowest BCUT2D eigenvalue weighted by Gasteiger charge is -2.23. The van der Waals surface area contributed by atoms with Crippen LogP contribution in [0.4, 0.5) is 8.78 Å². The van der Waals surface area contributed by atoms with Gasteiger partial charge in [0.1, 0.15) is 0 Å². The number of imide groups is 1. The molecule has 2 amide bonds. The fourth-order valence-corrected chi connectivity index (χ4v) is 2.31. The van der Waals surface area contributed by atoms with Crippen LogP contribution in [0.2, 0.25) is 0 Å². The average molecular weight is 298 g/mol. The molecule has 2 rings (SSSR count). The Morgan fingerprint density at radius 3 is 2.14 bits per heavy atom. The smallest absolute Gasteiger partial charge is 0.261 e. The Balaban J connectivity index is 2.01. The number of carbonyl (C=O) groups is 2. The topological polar surface area (TPSA) is 60.9 Å². The molecular weight excluding hydrogens is 282 g/mol. The molecule has 1 aliphatic heterocycles. The van der Waals surface area contributed by atoms with Gasteiger partial charge in [-0.3, -0.25) is 19.4 Å². The normalized spacial score (nSPS) is 14.4. The largest absolute Gasteiger partial charge is 0.395 e. The van der Waals surface area contributed by atoms with Crippen molar-refractivity contribution in [1.82, 2.24) is 9.80 Å². The number of nitrogens with zero attached hydrogens (tertiary/aromatic N) is 2. The molecule has 5 nitrogen and oxygen atoms in total. The van der Waals surface area contributed by atoms with Gasteiger partial charge in [0.25, 0.3) is 18.2 Å². The zero-order valence-corrected chi connectivity index (χ0v) is 11.3. The number of amides is 2. The van der Waals surface area contributed by atoms with E-state index >= 15 is 0 Å². The zero-order valence-electron chi connectivity index (χ0n) is 11.3. The summed E-state index contributed by atoms with van der Waals surface area (Å²) < 4.78 is 24.8. The van der Waals surface area contributed by atoms with Gasteiger partial charge in [-0.1, -0.05) is 12.1 Å². The van der Waals surface area contributed by atoms with Crippen LogP contribution in [0.1, 0.15) is 20.7 Å². The van der Waals surface area contributed by atoms with E-state index in [9.17, 15) is 18.4 Å². The quantitative estimate of drug-likeness (QED) is 0.758. The van der Waals surface area contributed by atoms with Crippen LogP contribution in [0.15, 0.2) is 24.3 Å². The number of aliphatic hydroxyl groups is 1. The predicted octanol–water partition coefficient (Wildman–Crippen LogP) is 0.842. The number of benzene rings is 1. The maximum Gasteiger partial charge on any atom is 0.261 e. The summed E-state index contributed by atoms with van der Waals surface area (Å²) in [5.74, 6) is -0.812. The van der Waals surface area contributed by atoms with E-state index < -0.39 is 24.8 Å². The van der Waals surface area contributed by atoms with Gasteiger partial charge in [-0.2, -0.15) is 0 Å². The molecule has 7 heteroatoms. The van der Waals surface area contributed by atoms with Gasteiger partial charge in [-0.15, -0.1) is 0 Å². The van der Waals surface area contributed by atoms with Gasteiger partial charge in [0.15, 0.2) is 0 Å². The predicted molar refractivity (Wildman–Crippen MR) is 71.3 cm³/mol. The number of aliphatic hydroxyl groups excluding tert-OH is 1. The van der Waals surface area contributed by atoms with E-state index in [0.717, 1.165) is 4.90 Å². The van der Waals surface area contributed by atoms with Gasteiger partial charge < -0.3 is 5.11 Å². The molecule has 21 heavy (non-hydrogen) atoms. The Morgan fingerprint density at radius 2 is 1.67 bits per heavy atom. The van der Waals surface area contributed by atoms with E-state index in [1.165, 1.54) is 4.90 Å². The number of hydrogen-bond donors (Lipinski definition) is 1. The Labute approximate surface area is 120 Å². The number of hydrogen-bond acceptors (Lipinski definition) is 4. The van der Waals surface area contributed by atoms with Crippen molar-refractivity contribution in [3.63, 3.8) is 0 Å². The van der Waals surface area contributed by atoms with Gasteiger partial charge in [0.2, 0.25) is 0 Å². The van der Waals surface area contributed by atoms with Crippen LogP contribution in [0.5, 0.6) is 0 Å². The maximum absolute atomic E-state index is 12.4. The molecule has 0 spiro atoms. The Hall–Kier alpha value is -1.86. The monoisotopic (exact) mass is 298 g/mol. The minimum atomic E-state index is -2.53.